The molecule has 6 heteroatoms. The van der Waals surface area contributed by atoms with Crippen LogP contribution < -0.4 is 4.74 Å². The summed E-state index contributed by atoms with van der Waals surface area (Å²) < 4.78 is 5.09. The zero-order valence-electron chi connectivity index (χ0n) is 9.41. The van der Waals surface area contributed by atoms with Crippen LogP contribution in [0.5, 0.6) is 5.88 Å². The Kier molecular flexibility index (Phi) is 3.04. The lowest BCUT2D eigenvalue weighted by molar-refractivity contribution is 0.111. The Bertz CT molecular complexity index is 557. The number of hydrogen-bond donors (Lipinski definition) is 0. The zero-order valence-corrected chi connectivity index (χ0v) is 9.41. The third kappa shape index (κ3) is 2.25. The van der Waals surface area contributed by atoms with Crippen molar-refractivity contribution in [1.29, 1.82) is 0 Å². The van der Waals surface area contributed by atoms with Gasteiger partial charge in [-0.3, -0.25) is 4.79 Å². The molecule has 0 N–H and O–H groups in total. The standard InChI is InChI=1S/C11H10N4O2/c1-7-3-8(5-16)15-10(14-7)9-4-12-6-13-11(9)17-2/h3-6H,1-2H3. The van der Waals surface area contributed by atoms with Crippen LogP contribution in [0.3, 0.4) is 0 Å². The monoisotopic (exact) mass is 230 g/mol. The number of carbonyl (C=O) groups excluding carboxylic acids is 1. The molecule has 86 valence electrons. The van der Waals surface area contributed by atoms with Crippen LogP contribution in [0.4, 0.5) is 0 Å². The fraction of sp³-hybridized carbons (Fsp3) is 0.182. The van der Waals surface area contributed by atoms with Crippen molar-refractivity contribution < 1.29 is 9.53 Å². The van der Waals surface area contributed by atoms with Crippen LogP contribution in [0.25, 0.3) is 11.4 Å². The lowest BCUT2D eigenvalue weighted by Crippen LogP contribution is -2.00. The molecule has 0 aliphatic rings. The van der Waals surface area contributed by atoms with Crippen LogP contribution >= 0.6 is 0 Å². The first-order valence-electron chi connectivity index (χ1n) is 4.90. The average molecular weight is 230 g/mol. The van der Waals surface area contributed by atoms with Crippen molar-refractivity contribution >= 4 is 6.29 Å². The quantitative estimate of drug-likeness (QED) is 0.734. The normalized spacial score (nSPS) is 10.0. The van der Waals surface area contributed by atoms with E-state index in [0.29, 0.717) is 34.9 Å². The summed E-state index contributed by atoms with van der Waals surface area (Å²) >= 11 is 0. The Morgan fingerprint density at radius 3 is 2.88 bits per heavy atom. The summed E-state index contributed by atoms with van der Waals surface area (Å²) in [6, 6.07) is 1.60. The minimum atomic E-state index is 0.318. The van der Waals surface area contributed by atoms with Gasteiger partial charge >= 0.3 is 0 Å². The van der Waals surface area contributed by atoms with Gasteiger partial charge in [-0.1, -0.05) is 0 Å². The van der Waals surface area contributed by atoms with Crippen molar-refractivity contribution in [2.75, 3.05) is 7.11 Å². The van der Waals surface area contributed by atoms with Gasteiger partial charge in [-0.05, 0) is 13.0 Å². The maximum atomic E-state index is 10.7. The number of hydrogen-bond acceptors (Lipinski definition) is 6. The van der Waals surface area contributed by atoms with Gasteiger partial charge in [0.05, 0.1) is 12.7 Å². The van der Waals surface area contributed by atoms with Gasteiger partial charge in [0.25, 0.3) is 0 Å². The van der Waals surface area contributed by atoms with Crippen molar-refractivity contribution in [1.82, 2.24) is 19.9 Å². The van der Waals surface area contributed by atoms with Gasteiger partial charge in [0.2, 0.25) is 5.88 Å². The minimum Gasteiger partial charge on any atom is -0.480 e. The Balaban J connectivity index is 2.59. The second-order valence-corrected chi connectivity index (χ2v) is 3.32. The Morgan fingerprint density at radius 1 is 1.35 bits per heavy atom. The van der Waals surface area contributed by atoms with Gasteiger partial charge in [0.1, 0.15) is 12.0 Å². The third-order valence-corrected chi connectivity index (χ3v) is 2.10. The number of aromatic nitrogens is 4. The van der Waals surface area contributed by atoms with Crippen molar-refractivity contribution in [2.45, 2.75) is 6.92 Å². The van der Waals surface area contributed by atoms with Crippen molar-refractivity contribution in [3.63, 3.8) is 0 Å². The van der Waals surface area contributed by atoms with Crippen LogP contribution in [-0.4, -0.2) is 33.3 Å². The van der Waals surface area contributed by atoms with Crippen molar-refractivity contribution in [2.24, 2.45) is 0 Å². The molecule has 0 radical (unpaired) electrons. The fourth-order valence-electron chi connectivity index (χ4n) is 1.41. The predicted molar refractivity (Wildman–Crippen MR) is 59.7 cm³/mol. The van der Waals surface area contributed by atoms with E-state index < -0.39 is 0 Å². The molecule has 2 heterocycles. The highest BCUT2D eigenvalue weighted by Gasteiger charge is 2.11. The highest BCUT2D eigenvalue weighted by atomic mass is 16.5. The number of methoxy groups -OCH3 is 1. The van der Waals surface area contributed by atoms with Gasteiger partial charge in [-0.2, -0.15) is 0 Å². The molecular weight excluding hydrogens is 220 g/mol. The summed E-state index contributed by atoms with van der Waals surface area (Å²) in [5, 5.41) is 0. The molecule has 0 fully saturated rings. The third-order valence-electron chi connectivity index (χ3n) is 2.10. The smallest absolute Gasteiger partial charge is 0.227 e. The van der Waals surface area contributed by atoms with E-state index in [4.69, 9.17) is 4.74 Å². The van der Waals surface area contributed by atoms with E-state index in [2.05, 4.69) is 19.9 Å². The molecule has 0 bridgehead atoms. The Morgan fingerprint density at radius 2 is 2.18 bits per heavy atom. The highest BCUT2D eigenvalue weighted by Crippen LogP contribution is 2.23. The number of aryl methyl sites for hydroxylation is 1. The van der Waals surface area contributed by atoms with E-state index in [-0.39, 0.29) is 0 Å². The van der Waals surface area contributed by atoms with Gasteiger partial charge in [0, 0.05) is 11.9 Å². The first-order valence-corrected chi connectivity index (χ1v) is 4.90. The first-order chi connectivity index (χ1) is 8.24. The molecule has 6 nitrogen and oxygen atoms in total. The summed E-state index contributed by atoms with van der Waals surface area (Å²) in [6.45, 7) is 1.79. The topological polar surface area (TPSA) is 77.9 Å². The number of carbonyl (C=O) groups is 1. The van der Waals surface area contributed by atoms with Gasteiger partial charge in [-0.15, -0.1) is 0 Å². The molecule has 2 aromatic rings. The van der Waals surface area contributed by atoms with Crippen LogP contribution in [0, 0.1) is 6.92 Å². The molecule has 0 aliphatic carbocycles. The van der Waals surface area contributed by atoms with Gasteiger partial charge in [-0.25, -0.2) is 19.9 Å². The molecule has 0 spiro atoms. The molecule has 0 amide bonds. The summed E-state index contributed by atoms with van der Waals surface area (Å²) in [5.74, 6) is 0.756. The van der Waals surface area contributed by atoms with E-state index in [0.717, 1.165) is 0 Å². The summed E-state index contributed by atoms with van der Waals surface area (Å²) in [7, 11) is 1.50. The molecule has 0 saturated carbocycles. The number of ether oxygens (including phenoxy) is 1. The predicted octanol–water partition coefficient (Wildman–Crippen LogP) is 1.06. The van der Waals surface area contributed by atoms with Crippen LogP contribution in [0.2, 0.25) is 0 Å². The number of rotatable bonds is 3. The lowest BCUT2D eigenvalue weighted by Gasteiger charge is -2.05. The molecular formula is C11H10N4O2. The molecule has 17 heavy (non-hydrogen) atoms. The Labute approximate surface area is 97.7 Å². The van der Waals surface area contributed by atoms with E-state index in [1.54, 1.807) is 19.2 Å². The maximum absolute atomic E-state index is 10.7. The van der Waals surface area contributed by atoms with Gasteiger partial charge in [0.15, 0.2) is 12.1 Å². The fourth-order valence-corrected chi connectivity index (χ4v) is 1.41. The summed E-state index contributed by atoms with van der Waals surface area (Å²) in [4.78, 5) is 26.9. The summed E-state index contributed by atoms with van der Waals surface area (Å²) in [6.07, 6.45) is 3.60. The van der Waals surface area contributed by atoms with E-state index in [1.807, 2.05) is 0 Å². The minimum absolute atomic E-state index is 0.318. The molecule has 0 atom stereocenters. The van der Waals surface area contributed by atoms with E-state index in [1.165, 1.54) is 13.4 Å². The van der Waals surface area contributed by atoms with Gasteiger partial charge < -0.3 is 4.74 Å². The first kappa shape index (κ1) is 11.1. The van der Waals surface area contributed by atoms with Crippen molar-refractivity contribution in [3.8, 4) is 17.3 Å². The molecule has 2 rings (SSSR count). The summed E-state index contributed by atoms with van der Waals surface area (Å²) in [5.41, 5.74) is 1.57. The van der Waals surface area contributed by atoms with E-state index >= 15 is 0 Å². The highest BCUT2D eigenvalue weighted by molar-refractivity contribution is 5.73. The largest absolute Gasteiger partial charge is 0.480 e. The van der Waals surface area contributed by atoms with Crippen LogP contribution in [0.1, 0.15) is 16.2 Å². The molecule has 0 aliphatic heterocycles. The second kappa shape index (κ2) is 4.65. The second-order valence-electron chi connectivity index (χ2n) is 3.32. The SMILES string of the molecule is COc1ncncc1-c1nc(C)cc(C=O)n1. The number of aldehydes is 1. The molecule has 0 aromatic carbocycles. The lowest BCUT2D eigenvalue weighted by atomic mass is 10.2. The molecule has 0 unspecified atom stereocenters. The van der Waals surface area contributed by atoms with E-state index in [9.17, 15) is 4.79 Å². The molecule has 0 saturated heterocycles. The van der Waals surface area contributed by atoms with Crippen LogP contribution in [0.15, 0.2) is 18.6 Å². The molecule has 2 aromatic heterocycles. The number of nitrogens with zero attached hydrogens (tertiary/aromatic N) is 4. The van der Waals surface area contributed by atoms with Crippen molar-refractivity contribution in [3.05, 3.63) is 30.0 Å². The van der Waals surface area contributed by atoms with Crippen LogP contribution in [-0.2, 0) is 0 Å². The Hall–Kier alpha value is -2.37. The maximum Gasteiger partial charge on any atom is 0.227 e. The average Bonchev–Trinajstić information content (AvgIpc) is 2.37. The zero-order chi connectivity index (χ0) is 12.3.